The summed E-state index contributed by atoms with van der Waals surface area (Å²) in [5, 5.41) is 0. The third-order valence-corrected chi connectivity index (χ3v) is 3.79. The molecular formula is C16H16FN3O. The van der Waals surface area contributed by atoms with Crippen molar-refractivity contribution in [1.82, 2.24) is 0 Å². The van der Waals surface area contributed by atoms with E-state index in [4.69, 9.17) is 11.5 Å². The highest BCUT2D eigenvalue weighted by Crippen LogP contribution is 2.31. The van der Waals surface area contributed by atoms with E-state index in [1.807, 2.05) is 18.2 Å². The molecule has 1 aliphatic rings. The number of hydrogen-bond acceptors (Lipinski definition) is 3. The van der Waals surface area contributed by atoms with Gasteiger partial charge in [0, 0.05) is 35.6 Å². The molecule has 0 unspecified atom stereocenters. The Balaban J connectivity index is 1.91. The van der Waals surface area contributed by atoms with Gasteiger partial charge < -0.3 is 16.4 Å². The van der Waals surface area contributed by atoms with Crippen LogP contribution in [0.2, 0.25) is 0 Å². The van der Waals surface area contributed by atoms with Gasteiger partial charge >= 0.3 is 0 Å². The molecule has 0 spiro atoms. The number of hydrogen-bond donors (Lipinski definition) is 2. The predicted octanol–water partition coefficient (Wildman–Crippen LogP) is 2.07. The molecule has 1 aliphatic heterocycles. The molecule has 0 aromatic heterocycles. The lowest BCUT2D eigenvalue weighted by atomic mass is 10.1. The Kier molecular flexibility index (Phi) is 3.25. The zero-order valence-corrected chi connectivity index (χ0v) is 11.5. The van der Waals surface area contributed by atoms with Crippen LogP contribution in [0.4, 0.5) is 15.8 Å². The first-order valence-corrected chi connectivity index (χ1v) is 6.76. The van der Waals surface area contributed by atoms with E-state index in [9.17, 15) is 9.18 Å². The van der Waals surface area contributed by atoms with Crippen molar-refractivity contribution >= 4 is 17.3 Å². The van der Waals surface area contributed by atoms with E-state index >= 15 is 0 Å². The molecule has 2 aromatic rings. The molecule has 2 aromatic carbocycles. The number of primary amides is 1. The van der Waals surface area contributed by atoms with Gasteiger partial charge in [-0.25, -0.2) is 4.39 Å². The van der Waals surface area contributed by atoms with Gasteiger partial charge in [0.1, 0.15) is 5.82 Å². The fraction of sp³-hybridized carbons (Fsp3) is 0.188. The molecular weight excluding hydrogens is 269 g/mol. The molecule has 108 valence electrons. The first-order valence-electron chi connectivity index (χ1n) is 6.76. The zero-order chi connectivity index (χ0) is 15.0. The number of carbonyl (C=O) groups is 1. The molecule has 4 N–H and O–H groups in total. The SMILES string of the molecule is NC(=O)c1ccc(F)c(CN2CCc3ccc(N)cc32)c1. The second-order valence-electron chi connectivity index (χ2n) is 5.23. The monoisotopic (exact) mass is 285 g/mol. The zero-order valence-electron chi connectivity index (χ0n) is 11.5. The van der Waals surface area contributed by atoms with Crippen LogP contribution >= 0.6 is 0 Å². The van der Waals surface area contributed by atoms with Crippen LogP contribution in [-0.2, 0) is 13.0 Å². The summed E-state index contributed by atoms with van der Waals surface area (Å²) < 4.78 is 13.9. The Morgan fingerprint density at radius 1 is 1.24 bits per heavy atom. The lowest BCUT2D eigenvalue weighted by Gasteiger charge is -2.20. The normalized spacial score (nSPS) is 13.3. The molecule has 4 nitrogen and oxygen atoms in total. The summed E-state index contributed by atoms with van der Waals surface area (Å²) in [5.74, 6) is -0.889. The number of fused-ring (bicyclic) bond motifs is 1. The van der Waals surface area contributed by atoms with Crippen LogP contribution in [0.15, 0.2) is 36.4 Å². The smallest absolute Gasteiger partial charge is 0.248 e. The summed E-state index contributed by atoms with van der Waals surface area (Å²) >= 11 is 0. The first kappa shape index (κ1) is 13.4. The van der Waals surface area contributed by atoms with E-state index in [2.05, 4.69) is 4.90 Å². The van der Waals surface area contributed by atoms with Gasteiger partial charge in [0.2, 0.25) is 5.91 Å². The quantitative estimate of drug-likeness (QED) is 0.848. The number of anilines is 2. The van der Waals surface area contributed by atoms with E-state index in [1.165, 1.54) is 23.8 Å². The van der Waals surface area contributed by atoms with Crippen LogP contribution in [0, 0.1) is 5.82 Å². The number of rotatable bonds is 3. The Hall–Kier alpha value is -2.56. The summed E-state index contributed by atoms with van der Waals surface area (Å²) in [6.07, 6.45) is 0.909. The summed E-state index contributed by atoms with van der Waals surface area (Å²) in [6.45, 7) is 1.20. The van der Waals surface area contributed by atoms with Crippen molar-refractivity contribution in [1.29, 1.82) is 0 Å². The van der Waals surface area contributed by atoms with Gasteiger partial charge in [-0.15, -0.1) is 0 Å². The largest absolute Gasteiger partial charge is 0.399 e. The highest BCUT2D eigenvalue weighted by molar-refractivity contribution is 5.92. The number of nitrogens with zero attached hydrogens (tertiary/aromatic N) is 1. The summed E-state index contributed by atoms with van der Waals surface area (Å²) in [7, 11) is 0. The van der Waals surface area contributed by atoms with Crippen LogP contribution in [0.5, 0.6) is 0 Å². The Bertz CT molecular complexity index is 715. The van der Waals surface area contributed by atoms with Crippen molar-refractivity contribution in [3.63, 3.8) is 0 Å². The average molecular weight is 285 g/mol. The molecule has 1 amide bonds. The highest BCUT2D eigenvalue weighted by atomic mass is 19.1. The number of nitrogens with two attached hydrogens (primary N) is 2. The number of amides is 1. The van der Waals surface area contributed by atoms with E-state index in [0.29, 0.717) is 23.4 Å². The molecule has 0 fully saturated rings. The van der Waals surface area contributed by atoms with Crippen molar-refractivity contribution < 1.29 is 9.18 Å². The van der Waals surface area contributed by atoms with E-state index < -0.39 is 5.91 Å². The third-order valence-electron chi connectivity index (χ3n) is 3.79. The van der Waals surface area contributed by atoms with E-state index in [-0.39, 0.29) is 5.82 Å². The van der Waals surface area contributed by atoms with E-state index in [0.717, 1.165) is 18.7 Å². The molecule has 0 atom stereocenters. The van der Waals surface area contributed by atoms with Crippen molar-refractivity contribution in [2.75, 3.05) is 17.2 Å². The van der Waals surface area contributed by atoms with Crippen molar-refractivity contribution in [3.05, 3.63) is 58.9 Å². The topological polar surface area (TPSA) is 72.4 Å². The minimum absolute atomic E-state index is 0.318. The molecule has 5 heteroatoms. The Morgan fingerprint density at radius 2 is 2.05 bits per heavy atom. The predicted molar refractivity (Wildman–Crippen MR) is 80.5 cm³/mol. The van der Waals surface area contributed by atoms with Crippen molar-refractivity contribution in [2.24, 2.45) is 5.73 Å². The highest BCUT2D eigenvalue weighted by Gasteiger charge is 2.20. The van der Waals surface area contributed by atoms with Gasteiger partial charge in [0.25, 0.3) is 0 Å². The van der Waals surface area contributed by atoms with Crippen LogP contribution in [0.25, 0.3) is 0 Å². The summed E-state index contributed by atoms with van der Waals surface area (Å²) in [5.41, 5.74) is 14.8. The molecule has 0 saturated heterocycles. The number of nitrogen functional groups attached to an aromatic ring is 1. The number of benzene rings is 2. The fourth-order valence-electron chi connectivity index (χ4n) is 2.68. The number of carbonyl (C=O) groups excluding carboxylic acids is 1. The lowest BCUT2D eigenvalue weighted by molar-refractivity contribution is 0.1000. The van der Waals surface area contributed by atoms with E-state index in [1.54, 1.807) is 0 Å². The maximum atomic E-state index is 13.9. The van der Waals surface area contributed by atoms with Crippen LogP contribution in [0.1, 0.15) is 21.5 Å². The van der Waals surface area contributed by atoms with Gasteiger partial charge in [-0.2, -0.15) is 0 Å². The van der Waals surface area contributed by atoms with Crippen LogP contribution < -0.4 is 16.4 Å². The molecule has 1 heterocycles. The third kappa shape index (κ3) is 2.54. The second-order valence-corrected chi connectivity index (χ2v) is 5.23. The van der Waals surface area contributed by atoms with Crippen LogP contribution in [0.3, 0.4) is 0 Å². The molecule has 0 bridgehead atoms. The van der Waals surface area contributed by atoms with Gasteiger partial charge in [-0.05, 0) is 42.3 Å². The standard InChI is InChI=1S/C16H16FN3O/c17-14-4-2-11(16(19)21)7-12(14)9-20-6-5-10-1-3-13(18)8-15(10)20/h1-4,7-8H,5-6,9,18H2,(H2,19,21). The second kappa shape index (κ2) is 5.09. The molecule has 0 radical (unpaired) electrons. The fourth-order valence-corrected chi connectivity index (χ4v) is 2.68. The molecule has 0 saturated carbocycles. The first-order chi connectivity index (χ1) is 10.0. The minimum atomic E-state index is -0.553. The maximum Gasteiger partial charge on any atom is 0.248 e. The van der Waals surface area contributed by atoms with Gasteiger partial charge in [0.15, 0.2) is 0 Å². The van der Waals surface area contributed by atoms with Crippen molar-refractivity contribution in [2.45, 2.75) is 13.0 Å². The number of halogens is 1. The molecule has 3 rings (SSSR count). The van der Waals surface area contributed by atoms with Crippen molar-refractivity contribution in [3.8, 4) is 0 Å². The summed E-state index contributed by atoms with van der Waals surface area (Å²) in [4.78, 5) is 13.3. The maximum absolute atomic E-state index is 13.9. The molecule has 0 aliphatic carbocycles. The Morgan fingerprint density at radius 3 is 2.81 bits per heavy atom. The van der Waals surface area contributed by atoms with Gasteiger partial charge in [-0.1, -0.05) is 6.07 Å². The van der Waals surface area contributed by atoms with Gasteiger partial charge in [0.05, 0.1) is 0 Å². The van der Waals surface area contributed by atoms with Gasteiger partial charge in [-0.3, -0.25) is 4.79 Å². The summed E-state index contributed by atoms with van der Waals surface area (Å²) in [6, 6.07) is 9.97. The Labute approximate surface area is 122 Å². The lowest BCUT2D eigenvalue weighted by Crippen LogP contribution is -2.21. The average Bonchev–Trinajstić information content (AvgIpc) is 2.83. The minimum Gasteiger partial charge on any atom is -0.399 e. The van der Waals surface area contributed by atoms with Crippen LogP contribution in [-0.4, -0.2) is 12.5 Å². The molecule has 21 heavy (non-hydrogen) atoms.